The van der Waals surface area contributed by atoms with Crippen LogP contribution in [0, 0.1) is 13.8 Å². The van der Waals surface area contributed by atoms with Crippen LogP contribution in [0.4, 0.5) is 5.69 Å². The molecule has 0 aliphatic carbocycles. The fourth-order valence-electron chi connectivity index (χ4n) is 4.44. The molecule has 1 N–H and O–H groups in total. The summed E-state index contributed by atoms with van der Waals surface area (Å²) in [5, 5.41) is 3.35. The monoisotopic (exact) mass is 583 g/mol. The first-order valence-corrected chi connectivity index (χ1v) is 15.4. The topological polar surface area (TPSA) is 86.8 Å². The summed E-state index contributed by atoms with van der Waals surface area (Å²) >= 11 is 6.01. The summed E-state index contributed by atoms with van der Waals surface area (Å²) in [4.78, 5) is 28.9. The molecule has 1 atom stereocenters. The lowest BCUT2D eigenvalue weighted by molar-refractivity contribution is -0.140. The summed E-state index contributed by atoms with van der Waals surface area (Å²) < 4.78 is 28.9. The van der Waals surface area contributed by atoms with Crippen LogP contribution in [0.2, 0.25) is 5.02 Å². The second-order valence-electron chi connectivity index (χ2n) is 9.82. The van der Waals surface area contributed by atoms with Gasteiger partial charge in [-0.2, -0.15) is 0 Å². The number of unbranched alkanes of at least 4 members (excludes halogenated alkanes) is 1. The third-order valence-electron chi connectivity index (χ3n) is 6.79. The predicted octanol–water partition coefficient (Wildman–Crippen LogP) is 5.88. The van der Waals surface area contributed by atoms with E-state index in [1.807, 2.05) is 58.0 Å². The first kappa shape index (κ1) is 31.2. The Morgan fingerprint density at radius 3 is 2.27 bits per heavy atom. The Bertz CT molecular complexity index is 1410. The van der Waals surface area contributed by atoms with E-state index in [0.717, 1.165) is 33.8 Å². The quantitative estimate of drug-likeness (QED) is 0.255. The zero-order valence-electron chi connectivity index (χ0n) is 23.6. The second kappa shape index (κ2) is 14.3. The molecule has 9 heteroatoms. The maximum absolute atomic E-state index is 14.1. The highest BCUT2D eigenvalue weighted by Crippen LogP contribution is 2.26. The lowest BCUT2D eigenvalue weighted by atomic mass is 10.1. The van der Waals surface area contributed by atoms with E-state index in [1.165, 1.54) is 29.2 Å². The Balaban J connectivity index is 2.05. The molecule has 0 spiro atoms. The highest BCUT2D eigenvalue weighted by molar-refractivity contribution is 7.92. The van der Waals surface area contributed by atoms with Crippen molar-refractivity contribution in [1.29, 1.82) is 0 Å². The number of anilines is 1. The number of hydrogen-bond donors (Lipinski definition) is 1. The van der Waals surface area contributed by atoms with E-state index in [0.29, 0.717) is 23.7 Å². The molecule has 0 unspecified atom stereocenters. The fourth-order valence-corrected chi connectivity index (χ4v) is 5.97. The molecule has 0 aliphatic heterocycles. The minimum atomic E-state index is -4.14. The number of rotatable bonds is 13. The van der Waals surface area contributed by atoms with Crippen molar-refractivity contribution in [3.05, 3.63) is 94.5 Å². The average molecular weight is 584 g/mol. The van der Waals surface area contributed by atoms with E-state index in [-0.39, 0.29) is 17.3 Å². The van der Waals surface area contributed by atoms with Gasteiger partial charge in [0.25, 0.3) is 10.0 Å². The number of hydrogen-bond acceptors (Lipinski definition) is 4. The lowest BCUT2D eigenvalue weighted by Gasteiger charge is -2.33. The molecule has 214 valence electrons. The van der Waals surface area contributed by atoms with Crippen molar-refractivity contribution < 1.29 is 18.0 Å². The summed E-state index contributed by atoms with van der Waals surface area (Å²) in [7, 11) is -4.14. The van der Waals surface area contributed by atoms with Crippen LogP contribution in [0.15, 0.2) is 77.7 Å². The average Bonchev–Trinajstić information content (AvgIpc) is 2.92. The van der Waals surface area contributed by atoms with Crippen LogP contribution < -0.4 is 9.62 Å². The van der Waals surface area contributed by atoms with Crippen molar-refractivity contribution >= 4 is 39.1 Å². The summed E-state index contributed by atoms with van der Waals surface area (Å²) in [6, 6.07) is 19.7. The largest absolute Gasteiger partial charge is 0.354 e. The number of sulfonamides is 1. The number of aryl methyl sites for hydroxylation is 2. The first-order valence-electron chi connectivity index (χ1n) is 13.5. The number of nitrogens with one attached hydrogen (secondary N) is 1. The molecule has 3 aromatic rings. The van der Waals surface area contributed by atoms with Gasteiger partial charge < -0.3 is 10.2 Å². The van der Waals surface area contributed by atoms with Crippen molar-refractivity contribution in [2.24, 2.45) is 0 Å². The van der Waals surface area contributed by atoms with Crippen molar-refractivity contribution in [2.75, 3.05) is 17.4 Å². The maximum atomic E-state index is 14.1. The van der Waals surface area contributed by atoms with Crippen LogP contribution in [0.3, 0.4) is 0 Å². The van der Waals surface area contributed by atoms with Gasteiger partial charge in [-0.3, -0.25) is 13.9 Å². The molecule has 0 radical (unpaired) electrons. The Morgan fingerprint density at radius 2 is 1.65 bits per heavy atom. The van der Waals surface area contributed by atoms with Gasteiger partial charge in [0, 0.05) is 18.1 Å². The third-order valence-corrected chi connectivity index (χ3v) is 8.83. The Hall–Kier alpha value is -3.36. The van der Waals surface area contributed by atoms with Crippen LogP contribution in [0.1, 0.15) is 49.8 Å². The van der Waals surface area contributed by atoms with Crippen molar-refractivity contribution in [2.45, 2.75) is 64.4 Å². The van der Waals surface area contributed by atoms with Crippen LogP contribution in [-0.2, 0) is 26.2 Å². The normalized spacial score (nSPS) is 12.0. The summed E-state index contributed by atoms with van der Waals surface area (Å²) in [5.41, 5.74) is 3.07. The van der Waals surface area contributed by atoms with Crippen LogP contribution in [0.5, 0.6) is 0 Å². The van der Waals surface area contributed by atoms with Gasteiger partial charge in [0.2, 0.25) is 11.8 Å². The SMILES string of the molecule is CCCCNC(=O)[C@H](CC)N(Cc1ccccc1C)C(=O)CN(c1cccc(C)c1)S(=O)(=O)c1ccc(Cl)cc1. The Labute approximate surface area is 243 Å². The van der Waals surface area contributed by atoms with Gasteiger partial charge in [0.05, 0.1) is 10.6 Å². The summed E-state index contributed by atoms with van der Waals surface area (Å²) in [5.74, 6) is -0.722. The molecule has 0 fully saturated rings. The highest BCUT2D eigenvalue weighted by Gasteiger charge is 2.33. The van der Waals surface area contributed by atoms with Gasteiger partial charge in [0.15, 0.2) is 0 Å². The number of carbonyl (C=O) groups is 2. The molecule has 0 aliphatic rings. The molecular weight excluding hydrogens is 546 g/mol. The van der Waals surface area contributed by atoms with E-state index in [2.05, 4.69) is 5.32 Å². The second-order valence-corrected chi connectivity index (χ2v) is 12.1. The lowest BCUT2D eigenvalue weighted by Crippen LogP contribution is -2.52. The van der Waals surface area contributed by atoms with Crippen molar-refractivity contribution in [1.82, 2.24) is 10.2 Å². The predicted molar refractivity (Wildman–Crippen MR) is 161 cm³/mol. The van der Waals surface area contributed by atoms with Crippen molar-refractivity contribution in [3.63, 3.8) is 0 Å². The standard InChI is InChI=1S/C31H38ClN3O4S/c1-5-7-19-33-31(37)29(6-2)34(21-25-13-9-8-12-24(25)4)30(36)22-35(27-14-10-11-23(3)20-27)40(38,39)28-17-15-26(32)16-18-28/h8-18,20,29H,5-7,19,21-22H2,1-4H3,(H,33,37)/t29-/m0/s1. The molecule has 0 saturated heterocycles. The van der Waals surface area contributed by atoms with E-state index in [9.17, 15) is 18.0 Å². The molecule has 2 amide bonds. The molecule has 0 aromatic heterocycles. The number of nitrogens with zero attached hydrogens (tertiary/aromatic N) is 2. The van der Waals surface area contributed by atoms with Gasteiger partial charge in [-0.05, 0) is 79.8 Å². The Kier molecular flexibility index (Phi) is 11.2. The molecule has 0 saturated carbocycles. The first-order chi connectivity index (χ1) is 19.1. The number of benzene rings is 3. The number of carbonyl (C=O) groups excluding carboxylic acids is 2. The van der Waals surface area contributed by atoms with Gasteiger partial charge in [-0.1, -0.05) is 68.3 Å². The summed E-state index contributed by atoms with van der Waals surface area (Å²) in [6.07, 6.45) is 2.13. The van der Waals surface area contributed by atoms with Gasteiger partial charge in [-0.15, -0.1) is 0 Å². The molecule has 0 bridgehead atoms. The zero-order valence-corrected chi connectivity index (χ0v) is 25.1. The van der Waals surface area contributed by atoms with Crippen molar-refractivity contribution in [3.8, 4) is 0 Å². The molecule has 3 aromatic carbocycles. The van der Waals surface area contributed by atoms with E-state index >= 15 is 0 Å². The van der Waals surface area contributed by atoms with Gasteiger partial charge in [-0.25, -0.2) is 8.42 Å². The van der Waals surface area contributed by atoms with Gasteiger partial charge in [0.1, 0.15) is 12.6 Å². The minimum Gasteiger partial charge on any atom is -0.354 e. The summed E-state index contributed by atoms with van der Waals surface area (Å²) in [6.45, 7) is 7.91. The van der Waals surface area contributed by atoms with E-state index in [1.54, 1.807) is 18.2 Å². The molecule has 7 nitrogen and oxygen atoms in total. The van der Waals surface area contributed by atoms with E-state index in [4.69, 9.17) is 11.6 Å². The Morgan fingerprint density at radius 1 is 0.950 bits per heavy atom. The number of halogens is 1. The van der Waals surface area contributed by atoms with Gasteiger partial charge >= 0.3 is 0 Å². The highest BCUT2D eigenvalue weighted by atomic mass is 35.5. The molecular formula is C31H38ClN3O4S. The van der Waals surface area contributed by atoms with E-state index < -0.39 is 28.5 Å². The van der Waals surface area contributed by atoms with Crippen LogP contribution in [-0.4, -0.2) is 44.3 Å². The maximum Gasteiger partial charge on any atom is 0.264 e. The third kappa shape index (κ3) is 7.86. The smallest absolute Gasteiger partial charge is 0.264 e. The molecule has 40 heavy (non-hydrogen) atoms. The minimum absolute atomic E-state index is 0.0148. The zero-order chi connectivity index (χ0) is 29.3. The van der Waals surface area contributed by atoms with Crippen LogP contribution >= 0.6 is 11.6 Å². The number of amides is 2. The molecule has 3 rings (SSSR count). The fraction of sp³-hybridized carbons (Fsp3) is 0.355. The molecule has 0 heterocycles. The van der Waals surface area contributed by atoms with Crippen LogP contribution in [0.25, 0.3) is 0 Å².